The van der Waals surface area contributed by atoms with Gasteiger partial charge in [0, 0.05) is 48.0 Å². The number of carbonyl (C=O) groups excluding carboxylic acids is 1. The summed E-state index contributed by atoms with van der Waals surface area (Å²) < 4.78 is 4.26. The molecule has 0 saturated carbocycles. The van der Waals surface area contributed by atoms with E-state index in [1.54, 1.807) is 0 Å². The van der Waals surface area contributed by atoms with Crippen LogP contribution < -0.4 is 4.90 Å². The van der Waals surface area contributed by atoms with E-state index in [0.717, 1.165) is 70.7 Å². The van der Waals surface area contributed by atoms with Gasteiger partial charge in [-0.25, -0.2) is 0 Å². The second-order valence-electron chi connectivity index (χ2n) is 10.9. The Morgan fingerprint density at radius 2 is 1.95 bits per heavy atom. The Kier molecular flexibility index (Phi) is 5.86. The van der Waals surface area contributed by atoms with E-state index in [0.29, 0.717) is 18.1 Å². The fourth-order valence-corrected chi connectivity index (χ4v) is 6.51. The number of piperidine rings is 1. The van der Waals surface area contributed by atoms with Crippen LogP contribution in [0.1, 0.15) is 49.7 Å². The highest BCUT2D eigenvalue weighted by atomic mass is 35.5. The molecule has 1 N–H and O–H groups in total. The topological polar surface area (TPSA) is 87.9 Å². The second kappa shape index (κ2) is 9.01. The van der Waals surface area contributed by atoms with Gasteiger partial charge in [0.2, 0.25) is 5.91 Å². The molecule has 10 heteroatoms. The summed E-state index contributed by atoms with van der Waals surface area (Å²) in [4.78, 5) is 16.5. The Bertz CT molecular complexity index is 1550. The molecular formula is C28H33ClN8O. The van der Waals surface area contributed by atoms with E-state index in [2.05, 4.69) is 63.0 Å². The maximum atomic E-state index is 12.2. The second-order valence-corrected chi connectivity index (χ2v) is 11.2. The lowest BCUT2D eigenvalue weighted by Gasteiger charge is -2.43. The molecule has 0 aliphatic carbocycles. The lowest BCUT2D eigenvalue weighted by molar-refractivity contribution is -0.127. The number of aromatic amines is 1. The predicted octanol–water partition coefficient (Wildman–Crippen LogP) is 5.00. The summed E-state index contributed by atoms with van der Waals surface area (Å²) in [6.07, 6.45) is 6.79. The van der Waals surface area contributed by atoms with Crippen LogP contribution >= 0.6 is 11.6 Å². The van der Waals surface area contributed by atoms with Gasteiger partial charge in [0.15, 0.2) is 5.82 Å². The van der Waals surface area contributed by atoms with Crippen molar-refractivity contribution < 1.29 is 4.79 Å². The number of amides is 1. The number of nitrogens with one attached hydrogen (secondary N) is 1. The molecule has 1 fully saturated rings. The largest absolute Gasteiger partial charge is 0.342 e. The van der Waals surface area contributed by atoms with Crippen LogP contribution in [0.2, 0.25) is 5.02 Å². The molecule has 6 rings (SSSR count). The van der Waals surface area contributed by atoms with Crippen LogP contribution in [0.15, 0.2) is 37.2 Å². The van der Waals surface area contributed by atoms with Crippen LogP contribution in [0.5, 0.6) is 0 Å². The zero-order valence-corrected chi connectivity index (χ0v) is 23.1. The number of hydrogen-bond donors (Lipinski definition) is 1. The number of rotatable bonds is 4. The Labute approximate surface area is 227 Å². The van der Waals surface area contributed by atoms with Gasteiger partial charge in [-0.3, -0.25) is 19.3 Å². The molecule has 4 aromatic rings. The summed E-state index contributed by atoms with van der Waals surface area (Å²) in [5, 5.41) is 19.0. The van der Waals surface area contributed by atoms with E-state index in [-0.39, 0.29) is 17.5 Å². The third kappa shape index (κ3) is 3.66. The SMILES string of the molecule is C=CC(=O)N1CCC(n2nc(N3CCn4nccc4C3(C)C)c(-c3c(Cl)c(C)cc4[nH]ncc34)c2C)CC1. The molecule has 2 aliphatic heterocycles. The summed E-state index contributed by atoms with van der Waals surface area (Å²) in [7, 11) is 0. The maximum absolute atomic E-state index is 12.2. The summed E-state index contributed by atoms with van der Waals surface area (Å²) in [6, 6.07) is 4.32. The van der Waals surface area contributed by atoms with E-state index < -0.39 is 0 Å². The molecule has 0 bridgehead atoms. The van der Waals surface area contributed by atoms with Gasteiger partial charge in [0.05, 0.1) is 40.6 Å². The van der Waals surface area contributed by atoms with Crippen molar-refractivity contribution in [3.8, 4) is 11.1 Å². The Balaban J connectivity index is 1.53. The average molecular weight is 533 g/mol. The number of nitrogens with zero attached hydrogens (tertiary/aromatic N) is 7. The van der Waals surface area contributed by atoms with Gasteiger partial charge in [-0.1, -0.05) is 18.2 Å². The van der Waals surface area contributed by atoms with Crippen molar-refractivity contribution in [2.75, 3.05) is 24.5 Å². The number of likely N-dealkylation sites (tertiary alicyclic amines) is 1. The first kappa shape index (κ1) is 24.7. The number of hydrogen-bond acceptors (Lipinski definition) is 5. The number of anilines is 1. The van der Waals surface area contributed by atoms with E-state index in [4.69, 9.17) is 16.7 Å². The van der Waals surface area contributed by atoms with E-state index in [1.807, 2.05) is 30.3 Å². The smallest absolute Gasteiger partial charge is 0.245 e. The lowest BCUT2D eigenvalue weighted by Crippen LogP contribution is -2.49. The molecule has 1 aromatic carbocycles. The molecule has 0 unspecified atom stereocenters. The Morgan fingerprint density at radius 3 is 2.68 bits per heavy atom. The molecule has 1 amide bonds. The van der Waals surface area contributed by atoms with Gasteiger partial charge in [0.1, 0.15) is 0 Å². The first-order chi connectivity index (χ1) is 18.2. The summed E-state index contributed by atoms with van der Waals surface area (Å²) in [6.45, 7) is 15.2. The van der Waals surface area contributed by atoms with Gasteiger partial charge in [0.25, 0.3) is 0 Å². The monoisotopic (exact) mass is 532 g/mol. The van der Waals surface area contributed by atoms with Gasteiger partial charge < -0.3 is 9.80 Å². The fourth-order valence-electron chi connectivity index (χ4n) is 6.26. The van der Waals surface area contributed by atoms with Crippen molar-refractivity contribution in [1.82, 2.24) is 34.7 Å². The number of aryl methyl sites for hydroxylation is 1. The minimum absolute atomic E-state index is 0.0115. The number of carbonyl (C=O) groups is 1. The van der Waals surface area contributed by atoms with Gasteiger partial charge in [-0.15, -0.1) is 0 Å². The first-order valence-electron chi connectivity index (χ1n) is 13.1. The quantitative estimate of drug-likeness (QED) is 0.374. The van der Waals surface area contributed by atoms with E-state index in [1.165, 1.54) is 6.08 Å². The third-order valence-electron chi connectivity index (χ3n) is 8.35. The van der Waals surface area contributed by atoms with Crippen LogP contribution in [0, 0.1) is 13.8 Å². The zero-order valence-electron chi connectivity index (χ0n) is 22.3. The van der Waals surface area contributed by atoms with Crippen molar-refractivity contribution in [3.05, 3.63) is 59.2 Å². The van der Waals surface area contributed by atoms with E-state index >= 15 is 0 Å². The van der Waals surface area contributed by atoms with Gasteiger partial charge >= 0.3 is 0 Å². The summed E-state index contributed by atoms with van der Waals surface area (Å²) >= 11 is 7.08. The Morgan fingerprint density at radius 1 is 1.18 bits per heavy atom. The van der Waals surface area contributed by atoms with Crippen molar-refractivity contribution in [2.45, 2.75) is 58.7 Å². The highest BCUT2D eigenvalue weighted by Crippen LogP contribution is 2.47. The molecule has 1 saturated heterocycles. The molecule has 3 aromatic heterocycles. The summed E-state index contributed by atoms with van der Waals surface area (Å²) in [5.41, 5.74) is 5.83. The third-order valence-corrected chi connectivity index (χ3v) is 8.84. The molecular weight excluding hydrogens is 500 g/mol. The number of benzene rings is 1. The average Bonchev–Trinajstić information content (AvgIpc) is 3.64. The number of aromatic nitrogens is 6. The molecule has 38 heavy (non-hydrogen) atoms. The molecule has 198 valence electrons. The van der Waals surface area contributed by atoms with Crippen molar-refractivity contribution in [1.29, 1.82) is 0 Å². The standard InChI is InChI=1S/C28H33ClN8O/c1-6-23(38)34-11-8-19(9-12-34)37-18(3)24(25-20-16-30-32-21(20)15-17(2)26(25)29)27(33-37)35-13-14-36-22(7-10-31-36)28(35,4)5/h6-7,10,15-16,19H,1,8-9,11-14H2,2-5H3,(H,30,32). The molecule has 2 aliphatic rings. The normalized spacial score (nSPS) is 17.7. The first-order valence-corrected chi connectivity index (χ1v) is 13.5. The van der Waals surface area contributed by atoms with Gasteiger partial charge in [-0.2, -0.15) is 15.3 Å². The van der Waals surface area contributed by atoms with Crippen LogP contribution in [-0.2, 0) is 16.9 Å². The van der Waals surface area contributed by atoms with Gasteiger partial charge in [-0.05, 0) is 64.3 Å². The highest BCUT2D eigenvalue weighted by Gasteiger charge is 2.40. The van der Waals surface area contributed by atoms with Crippen LogP contribution in [0.3, 0.4) is 0 Å². The van der Waals surface area contributed by atoms with Crippen molar-refractivity contribution >= 4 is 34.2 Å². The van der Waals surface area contributed by atoms with Crippen LogP contribution in [-0.4, -0.2) is 60.2 Å². The number of H-pyrrole nitrogens is 1. The highest BCUT2D eigenvalue weighted by molar-refractivity contribution is 6.36. The molecule has 5 heterocycles. The van der Waals surface area contributed by atoms with E-state index in [9.17, 15) is 4.79 Å². The minimum Gasteiger partial charge on any atom is -0.342 e. The molecule has 9 nitrogen and oxygen atoms in total. The van der Waals surface area contributed by atoms with Crippen LogP contribution in [0.25, 0.3) is 22.0 Å². The lowest BCUT2D eigenvalue weighted by atomic mass is 9.93. The predicted molar refractivity (Wildman–Crippen MR) is 149 cm³/mol. The minimum atomic E-state index is -0.333. The maximum Gasteiger partial charge on any atom is 0.245 e. The zero-order chi connectivity index (χ0) is 26.8. The number of fused-ring (bicyclic) bond motifs is 2. The fraction of sp³-hybridized carbons (Fsp3) is 0.429. The Hall–Kier alpha value is -3.59. The summed E-state index contributed by atoms with van der Waals surface area (Å²) in [5.74, 6) is 0.905. The van der Waals surface area contributed by atoms with Crippen molar-refractivity contribution in [3.63, 3.8) is 0 Å². The van der Waals surface area contributed by atoms with Crippen LogP contribution in [0.4, 0.5) is 5.82 Å². The molecule has 0 atom stereocenters. The molecule has 0 radical (unpaired) electrons. The van der Waals surface area contributed by atoms with Crippen molar-refractivity contribution in [2.24, 2.45) is 0 Å². The molecule has 0 spiro atoms. The number of halogens is 1.